The number of amides is 2. The van der Waals surface area contributed by atoms with Gasteiger partial charge in [0.2, 0.25) is 0 Å². The van der Waals surface area contributed by atoms with Crippen molar-refractivity contribution in [2.45, 2.75) is 19.5 Å². The lowest BCUT2D eigenvalue weighted by molar-refractivity contribution is 0.198. The molecule has 0 spiro atoms. The van der Waals surface area contributed by atoms with Gasteiger partial charge in [0.05, 0.1) is 6.33 Å². The molecule has 1 atom stereocenters. The Morgan fingerprint density at radius 2 is 2.29 bits per heavy atom. The predicted octanol–water partition coefficient (Wildman–Crippen LogP) is 1.03. The molecule has 2 rings (SSSR count). The number of nitrogens with zero attached hydrogens (tertiary/aromatic N) is 3. The van der Waals surface area contributed by atoms with Crippen LogP contribution in [0.2, 0.25) is 0 Å². The van der Waals surface area contributed by atoms with Gasteiger partial charge in [-0.2, -0.15) is 11.8 Å². The highest BCUT2D eigenvalue weighted by molar-refractivity contribution is 7.99. The molecule has 0 aliphatic carbocycles. The van der Waals surface area contributed by atoms with Crippen LogP contribution in [-0.4, -0.2) is 51.1 Å². The smallest absolute Gasteiger partial charge is 0.317 e. The molecular weight excluding hydrogens is 236 g/mol. The first-order valence-electron chi connectivity index (χ1n) is 5.84. The highest BCUT2D eigenvalue weighted by Gasteiger charge is 2.17. The predicted molar refractivity (Wildman–Crippen MR) is 69.1 cm³/mol. The highest BCUT2D eigenvalue weighted by Crippen LogP contribution is 2.09. The summed E-state index contributed by atoms with van der Waals surface area (Å²) in [5.41, 5.74) is 0. The average molecular weight is 254 g/mol. The van der Waals surface area contributed by atoms with E-state index in [0.717, 1.165) is 31.1 Å². The van der Waals surface area contributed by atoms with Crippen LogP contribution in [0.3, 0.4) is 0 Å². The van der Waals surface area contributed by atoms with Gasteiger partial charge in [0.1, 0.15) is 0 Å². The van der Waals surface area contributed by atoms with E-state index in [1.807, 2.05) is 34.3 Å². The molecule has 0 radical (unpaired) electrons. The van der Waals surface area contributed by atoms with Crippen LogP contribution in [0.4, 0.5) is 4.79 Å². The molecule has 6 heteroatoms. The number of urea groups is 1. The molecule has 94 valence electrons. The van der Waals surface area contributed by atoms with Crippen molar-refractivity contribution in [3.8, 4) is 0 Å². The minimum absolute atomic E-state index is 0.0536. The van der Waals surface area contributed by atoms with Crippen molar-refractivity contribution in [3.05, 3.63) is 18.7 Å². The van der Waals surface area contributed by atoms with Gasteiger partial charge in [-0.15, -0.1) is 0 Å². The van der Waals surface area contributed by atoms with E-state index in [1.54, 1.807) is 12.5 Å². The maximum atomic E-state index is 11.9. The summed E-state index contributed by atoms with van der Waals surface area (Å²) in [6.07, 6.45) is 5.41. The number of nitrogens with one attached hydrogen (secondary N) is 1. The van der Waals surface area contributed by atoms with Gasteiger partial charge < -0.3 is 14.8 Å². The normalized spacial score (nSPS) is 17.8. The molecule has 0 unspecified atom stereocenters. The fourth-order valence-corrected chi connectivity index (χ4v) is 2.73. The van der Waals surface area contributed by atoms with Crippen LogP contribution in [0, 0.1) is 0 Å². The summed E-state index contributed by atoms with van der Waals surface area (Å²) in [7, 11) is 0. The number of aromatic nitrogens is 2. The van der Waals surface area contributed by atoms with Crippen molar-refractivity contribution in [1.29, 1.82) is 0 Å². The van der Waals surface area contributed by atoms with Gasteiger partial charge >= 0.3 is 6.03 Å². The van der Waals surface area contributed by atoms with Gasteiger partial charge in [0, 0.05) is 49.6 Å². The fraction of sp³-hybridized carbons (Fsp3) is 0.636. The first-order chi connectivity index (χ1) is 8.25. The Hall–Kier alpha value is -1.17. The Balaban J connectivity index is 1.77. The van der Waals surface area contributed by atoms with Gasteiger partial charge in [0.15, 0.2) is 0 Å². The van der Waals surface area contributed by atoms with E-state index in [2.05, 4.69) is 10.3 Å². The number of carbonyl (C=O) groups excluding carboxylic acids is 1. The van der Waals surface area contributed by atoms with Crippen LogP contribution in [0.25, 0.3) is 0 Å². The van der Waals surface area contributed by atoms with Gasteiger partial charge in [0.25, 0.3) is 0 Å². The summed E-state index contributed by atoms with van der Waals surface area (Å²) in [5, 5.41) is 3.02. The first kappa shape index (κ1) is 12.3. The maximum Gasteiger partial charge on any atom is 0.317 e. The molecule has 0 saturated carbocycles. The molecular formula is C11H18N4OS. The third-order valence-electron chi connectivity index (χ3n) is 2.71. The molecule has 0 bridgehead atoms. The van der Waals surface area contributed by atoms with E-state index in [-0.39, 0.29) is 12.1 Å². The Labute approximate surface area is 106 Å². The van der Waals surface area contributed by atoms with E-state index in [0.29, 0.717) is 0 Å². The largest absolute Gasteiger partial charge is 0.335 e. The van der Waals surface area contributed by atoms with Crippen molar-refractivity contribution in [2.75, 3.05) is 24.6 Å². The van der Waals surface area contributed by atoms with E-state index < -0.39 is 0 Å². The Morgan fingerprint density at radius 1 is 1.53 bits per heavy atom. The monoisotopic (exact) mass is 254 g/mol. The molecule has 1 aromatic heterocycles. The molecule has 17 heavy (non-hydrogen) atoms. The van der Waals surface area contributed by atoms with Crippen molar-refractivity contribution in [3.63, 3.8) is 0 Å². The quantitative estimate of drug-likeness (QED) is 0.876. The zero-order valence-corrected chi connectivity index (χ0v) is 10.8. The molecule has 5 nitrogen and oxygen atoms in total. The second-order valence-electron chi connectivity index (χ2n) is 4.21. The van der Waals surface area contributed by atoms with Gasteiger partial charge in [-0.05, 0) is 6.92 Å². The lowest BCUT2D eigenvalue weighted by Gasteiger charge is -2.28. The molecule has 1 N–H and O–H groups in total. The zero-order chi connectivity index (χ0) is 12.1. The summed E-state index contributed by atoms with van der Waals surface area (Å²) in [6.45, 7) is 4.48. The third kappa shape index (κ3) is 3.66. The zero-order valence-electron chi connectivity index (χ0n) is 10.0. The number of rotatable bonds is 3. The Bertz CT molecular complexity index is 348. The molecule has 1 aliphatic heterocycles. The number of carbonyl (C=O) groups is 1. The molecule has 0 aromatic carbocycles. The molecule has 2 amide bonds. The lowest BCUT2D eigenvalue weighted by atomic mass is 10.3. The molecule has 1 saturated heterocycles. The summed E-state index contributed by atoms with van der Waals surface area (Å²) >= 11 is 1.90. The van der Waals surface area contributed by atoms with Crippen LogP contribution in [0.15, 0.2) is 18.7 Å². The summed E-state index contributed by atoms with van der Waals surface area (Å²) in [6, 6.07) is 0.171. The van der Waals surface area contributed by atoms with E-state index in [4.69, 9.17) is 0 Å². The van der Waals surface area contributed by atoms with Crippen molar-refractivity contribution in [1.82, 2.24) is 19.8 Å². The topological polar surface area (TPSA) is 50.2 Å². The minimum atomic E-state index is 0.0536. The van der Waals surface area contributed by atoms with E-state index in [9.17, 15) is 4.79 Å². The minimum Gasteiger partial charge on any atom is -0.335 e. The van der Waals surface area contributed by atoms with E-state index in [1.165, 1.54) is 0 Å². The van der Waals surface area contributed by atoms with Crippen LogP contribution < -0.4 is 5.32 Å². The van der Waals surface area contributed by atoms with Crippen molar-refractivity contribution < 1.29 is 4.79 Å². The highest BCUT2D eigenvalue weighted by atomic mass is 32.2. The number of imidazole rings is 1. The molecule has 1 aromatic rings. The molecule has 1 fully saturated rings. The molecule has 1 aliphatic rings. The Morgan fingerprint density at radius 3 is 2.94 bits per heavy atom. The van der Waals surface area contributed by atoms with Crippen LogP contribution in [0.5, 0.6) is 0 Å². The van der Waals surface area contributed by atoms with Crippen molar-refractivity contribution >= 4 is 17.8 Å². The van der Waals surface area contributed by atoms with Crippen LogP contribution in [-0.2, 0) is 6.54 Å². The summed E-state index contributed by atoms with van der Waals surface area (Å²) < 4.78 is 1.97. The van der Waals surface area contributed by atoms with Crippen LogP contribution >= 0.6 is 11.8 Å². The first-order valence-corrected chi connectivity index (χ1v) is 7.00. The third-order valence-corrected chi connectivity index (χ3v) is 3.65. The van der Waals surface area contributed by atoms with Gasteiger partial charge in [-0.3, -0.25) is 0 Å². The standard InChI is InChI=1S/C11H18N4OS/c1-10(8-14-3-2-12-9-14)13-11(16)15-4-6-17-7-5-15/h2-3,9-10H,4-8H2,1H3,(H,13,16)/t10-/m0/s1. The lowest BCUT2D eigenvalue weighted by Crippen LogP contribution is -2.48. The maximum absolute atomic E-state index is 11.9. The number of hydrogen-bond donors (Lipinski definition) is 1. The SMILES string of the molecule is C[C@@H](Cn1ccnc1)NC(=O)N1CCSCC1. The van der Waals surface area contributed by atoms with E-state index >= 15 is 0 Å². The number of thioether (sulfide) groups is 1. The van der Waals surface area contributed by atoms with Crippen molar-refractivity contribution in [2.24, 2.45) is 0 Å². The second kappa shape index (κ2) is 5.95. The van der Waals surface area contributed by atoms with Gasteiger partial charge in [-0.1, -0.05) is 0 Å². The second-order valence-corrected chi connectivity index (χ2v) is 5.43. The Kier molecular flexibility index (Phi) is 4.30. The number of hydrogen-bond acceptors (Lipinski definition) is 3. The molecule has 2 heterocycles. The van der Waals surface area contributed by atoms with Gasteiger partial charge in [-0.25, -0.2) is 9.78 Å². The fourth-order valence-electron chi connectivity index (χ4n) is 1.83. The summed E-state index contributed by atoms with van der Waals surface area (Å²) in [4.78, 5) is 17.8. The average Bonchev–Trinajstić information content (AvgIpc) is 2.82. The summed E-state index contributed by atoms with van der Waals surface area (Å²) in [5.74, 6) is 2.09. The van der Waals surface area contributed by atoms with Crippen LogP contribution in [0.1, 0.15) is 6.92 Å².